The summed E-state index contributed by atoms with van der Waals surface area (Å²) in [5.74, 6) is 1.19. The number of hydrogen-bond acceptors (Lipinski definition) is 4. The Morgan fingerprint density at radius 2 is 1.54 bits per heavy atom. The van der Waals surface area contributed by atoms with Gasteiger partial charge in [0.05, 0.1) is 14.2 Å². The molecule has 0 fully saturated rings. The average molecular weight is 483 g/mol. The molecule has 0 bridgehead atoms. The van der Waals surface area contributed by atoms with Crippen LogP contribution in [0.5, 0.6) is 11.5 Å². The Labute approximate surface area is 210 Å². The lowest BCUT2D eigenvalue weighted by atomic mass is 9.78. The van der Waals surface area contributed by atoms with Gasteiger partial charge >= 0.3 is 0 Å². The van der Waals surface area contributed by atoms with Gasteiger partial charge in [0, 0.05) is 36.6 Å². The number of anilines is 1. The molecule has 0 heterocycles. The molecule has 2 N–H and O–H groups in total. The summed E-state index contributed by atoms with van der Waals surface area (Å²) in [5.41, 5.74) is 2.65. The predicted molar refractivity (Wildman–Crippen MR) is 142 cm³/mol. The number of hydrogen-bond donors (Lipinski definition) is 2. The maximum Gasteiger partial charge on any atom is 0.228 e. The zero-order valence-electron chi connectivity index (χ0n) is 22.0. The lowest BCUT2D eigenvalue weighted by Gasteiger charge is -2.29. The number of unbranched alkanes of at least 4 members (excludes halogenated alkanes) is 3. The fraction of sp³-hybridized carbons (Fsp3) is 0.517. The molecule has 0 aliphatic carbocycles. The van der Waals surface area contributed by atoms with Gasteiger partial charge in [0.15, 0.2) is 0 Å². The van der Waals surface area contributed by atoms with Crippen molar-refractivity contribution in [2.75, 3.05) is 19.5 Å². The topological polar surface area (TPSA) is 76.7 Å². The molecule has 6 nitrogen and oxygen atoms in total. The highest BCUT2D eigenvalue weighted by molar-refractivity contribution is 5.93. The molecule has 2 rings (SSSR count). The number of nitrogens with one attached hydrogen (secondary N) is 2. The van der Waals surface area contributed by atoms with Crippen LogP contribution >= 0.6 is 0 Å². The summed E-state index contributed by atoms with van der Waals surface area (Å²) in [6.07, 6.45) is 6.90. The number of amides is 2. The second kappa shape index (κ2) is 15.1. The van der Waals surface area contributed by atoms with Crippen molar-refractivity contribution in [2.45, 2.75) is 78.2 Å². The Hall–Kier alpha value is -3.02. The minimum atomic E-state index is -0.226. The highest BCUT2D eigenvalue weighted by Gasteiger charge is 2.33. The number of rotatable bonds is 15. The number of benzene rings is 2. The second-order valence-corrected chi connectivity index (χ2v) is 9.03. The molecular formula is C29H42N2O4. The summed E-state index contributed by atoms with van der Waals surface area (Å²) in [5, 5.41) is 5.97. The zero-order valence-corrected chi connectivity index (χ0v) is 22.0. The standard InChI is InChI=1S/C29H42N2O4/c1-6-8-10-16-24(28-26(34-4)17-12-18-27(28)35-5)25(15-9-7-2)29(33)31-23-14-11-13-22(19-23)20-30-21(3)32/h11-14,17-19,24-25H,6-10,15-16,20H2,1-5H3,(H,30,32)(H,31,33). The van der Waals surface area contributed by atoms with E-state index in [9.17, 15) is 9.59 Å². The minimum Gasteiger partial charge on any atom is -0.496 e. The van der Waals surface area contributed by atoms with Crippen molar-refractivity contribution in [2.24, 2.45) is 5.92 Å². The number of carbonyl (C=O) groups excluding carboxylic acids is 2. The summed E-state index contributed by atoms with van der Waals surface area (Å²) in [7, 11) is 3.34. The first kappa shape index (κ1) is 28.2. The van der Waals surface area contributed by atoms with Crippen LogP contribution in [-0.4, -0.2) is 26.0 Å². The van der Waals surface area contributed by atoms with E-state index in [1.165, 1.54) is 6.92 Å². The lowest BCUT2D eigenvalue weighted by molar-refractivity contribution is -0.121. The molecule has 2 aromatic carbocycles. The van der Waals surface area contributed by atoms with Crippen LogP contribution in [0.3, 0.4) is 0 Å². The van der Waals surface area contributed by atoms with Crippen LogP contribution in [0.25, 0.3) is 0 Å². The van der Waals surface area contributed by atoms with Gasteiger partial charge < -0.3 is 20.1 Å². The van der Waals surface area contributed by atoms with E-state index in [-0.39, 0.29) is 23.7 Å². The van der Waals surface area contributed by atoms with E-state index in [0.717, 1.165) is 73.3 Å². The minimum absolute atomic E-state index is 0.00425. The molecule has 0 saturated heterocycles. The van der Waals surface area contributed by atoms with Crippen LogP contribution in [0.15, 0.2) is 42.5 Å². The van der Waals surface area contributed by atoms with Crippen LogP contribution in [0.2, 0.25) is 0 Å². The molecule has 0 aliphatic heterocycles. The molecule has 2 amide bonds. The monoisotopic (exact) mass is 482 g/mol. The van der Waals surface area contributed by atoms with Gasteiger partial charge in [0.1, 0.15) is 11.5 Å². The molecule has 192 valence electrons. The van der Waals surface area contributed by atoms with E-state index in [1.807, 2.05) is 42.5 Å². The SMILES string of the molecule is CCCCCC(c1c(OC)cccc1OC)C(CCCC)C(=O)Nc1cccc(CNC(C)=O)c1. The molecule has 0 radical (unpaired) electrons. The van der Waals surface area contributed by atoms with Crippen LogP contribution < -0.4 is 20.1 Å². The first-order valence-corrected chi connectivity index (χ1v) is 12.8. The van der Waals surface area contributed by atoms with Gasteiger partial charge in [-0.2, -0.15) is 0 Å². The quantitative estimate of drug-likeness (QED) is 0.286. The van der Waals surface area contributed by atoms with E-state index < -0.39 is 0 Å². The third-order valence-electron chi connectivity index (χ3n) is 6.38. The van der Waals surface area contributed by atoms with Crippen molar-refractivity contribution in [1.29, 1.82) is 0 Å². The Balaban J connectivity index is 2.40. The molecule has 2 atom stereocenters. The first-order chi connectivity index (χ1) is 16.9. The van der Waals surface area contributed by atoms with Gasteiger partial charge in [-0.15, -0.1) is 0 Å². The Morgan fingerprint density at radius 3 is 2.14 bits per heavy atom. The summed E-state index contributed by atoms with van der Waals surface area (Å²) >= 11 is 0. The van der Waals surface area contributed by atoms with Crippen LogP contribution in [0.1, 0.15) is 82.8 Å². The van der Waals surface area contributed by atoms with Crippen molar-refractivity contribution < 1.29 is 19.1 Å². The molecule has 2 aromatic rings. The van der Waals surface area contributed by atoms with E-state index in [0.29, 0.717) is 6.54 Å². The van der Waals surface area contributed by atoms with Crippen LogP contribution in [-0.2, 0) is 16.1 Å². The Morgan fingerprint density at radius 1 is 0.886 bits per heavy atom. The van der Waals surface area contributed by atoms with Crippen molar-refractivity contribution in [1.82, 2.24) is 5.32 Å². The largest absolute Gasteiger partial charge is 0.496 e. The molecule has 0 aromatic heterocycles. The van der Waals surface area contributed by atoms with Gasteiger partial charge in [-0.1, -0.05) is 64.2 Å². The number of methoxy groups -OCH3 is 2. The number of carbonyl (C=O) groups is 2. The molecule has 0 aliphatic rings. The Kier molecular flexibility index (Phi) is 12.2. The lowest BCUT2D eigenvalue weighted by Crippen LogP contribution is -2.29. The van der Waals surface area contributed by atoms with E-state index in [4.69, 9.17) is 9.47 Å². The molecule has 6 heteroatoms. The van der Waals surface area contributed by atoms with Gasteiger partial charge in [-0.3, -0.25) is 9.59 Å². The summed E-state index contributed by atoms with van der Waals surface area (Å²) < 4.78 is 11.5. The zero-order chi connectivity index (χ0) is 25.6. The maximum atomic E-state index is 13.8. The molecule has 35 heavy (non-hydrogen) atoms. The van der Waals surface area contributed by atoms with E-state index >= 15 is 0 Å². The highest BCUT2D eigenvalue weighted by atomic mass is 16.5. The van der Waals surface area contributed by atoms with Gasteiger partial charge in [0.25, 0.3) is 0 Å². The molecule has 0 spiro atoms. The van der Waals surface area contributed by atoms with E-state index in [1.54, 1.807) is 14.2 Å². The van der Waals surface area contributed by atoms with Crippen LogP contribution in [0.4, 0.5) is 5.69 Å². The Bertz CT molecular complexity index is 922. The smallest absolute Gasteiger partial charge is 0.228 e. The van der Waals surface area contributed by atoms with Crippen molar-refractivity contribution >= 4 is 17.5 Å². The van der Waals surface area contributed by atoms with Gasteiger partial charge in [-0.05, 0) is 42.7 Å². The van der Waals surface area contributed by atoms with Gasteiger partial charge in [0.2, 0.25) is 11.8 Å². The third-order valence-corrected chi connectivity index (χ3v) is 6.38. The normalized spacial score (nSPS) is 12.5. The fourth-order valence-electron chi connectivity index (χ4n) is 4.57. The number of ether oxygens (including phenoxy) is 2. The highest BCUT2D eigenvalue weighted by Crippen LogP contribution is 2.43. The molecule has 2 unspecified atom stereocenters. The molecule has 0 saturated carbocycles. The van der Waals surface area contributed by atoms with Crippen LogP contribution in [0, 0.1) is 5.92 Å². The summed E-state index contributed by atoms with van der Waals surface area (Å²) in [4.78, 5) is 25.1. The van der Waals surface area contributed by atoms with Crippen molar-refractivity contribution in [3.05, 3.63) is 53.6 Å². The molecular weight excluding hydrogens is 440 g/mol. The maximum absolute atomic E-state index is 13.8. The summed E-state index contributed by atoms with van der Waals surface area (Å²) in [6, 6.07) is 13.5. The van der Waals surface area contributed by atoms with Crippen molar-refractivity contribution in [3.63, 3.8) is 0 Å². The average Bonchev–Trinajstić information content (AvgIpc) is 2.86. The fourth-order valence-corrected chi connectivity index (χ4v) is 4.57. The predicted octanol–water partition coefficient (Wildman–Crippen LogP) is 6.45. The van der Waals surface area contributed by atoms with Crippen molar-refractivity contribution in [3.8, 4) is 11.5 Å². The first-order valence-electron chi connectivity index (χ1n) is 12.8. The third kappa shape index (κ3) is 8.61. The summed E-state index contributed by atoms with van der Waals surface area (Å²) in [6.45, 7) is 6.26. The van der Waals surface area contributed by atoms with E-state index in [2.05, 4.69) is 24.5 Å². The second-order valence-electron chi connectivity index (χ2n) is 9.03. The van der Waals surface area contributed by atoms with Gasteiger partial charge in [-0.25, -0.2) is 0 Å².